The van der Waals surface area contributed by atoms with Gasteiger partial charge in [-0.3, -0.25) is 0 Å². The van der Waals surface area contributed by atoms with Crippen molar-refractivity contribution < 1.29 is 0 Å². The first-order valence-electron chi connectivity index (χ1n) is 5.95. The second-order valence-corrected chi connectivity index (χ2v) is 4.66. The van der Waals surface area contributed by atoms with Gasteiger partial charge in [-0.1, -0.05) is 0 Å². The van der Waals surface area contributed by atoms with E-state index in [-0.39, 0.29) is 0 Å². The van der Waals surface area contributed by atoms with Crippen LogP contribution in [0.3, 0.4) is 0 Å². The normalized spacial score (nSPS) is 25.8. The van der Waals surface area contributed by atoms with E-state index >= 15 is 0 Å². The zero-order valence-electron chi connectivity index (χ0n) is 10.5. The van der Waals surface area contributed by atoms with Crippen molar-refractivity contribution in [2.24, 2.45) is 0 Å². The first-order valence-corrected chi connectivity index (χ1v) is 5.95. The van der Waals surface area contributed by atoms with E-state index < -0.39 is 0 Å². The smallest absolute Gasteiger partial charge is 0.0107 e. The van der Waals surface area contributed by atoms with Gasteiger partial charge in [0.1, 0.15) is 0 Å². The second kappa shape index (κ2) is 7.17. The van der Waals surface area contributed by atoms with Crippen molar-refractivity contribution >= 4 is 0 Å². The molecule has 1 fully saturated rings. The molecule has 1 N–H and O–H groups in total. The van der Waals surface area contributed by atoms with Crippen LogP contribution in [0.1, 0.15) is 0 Å². The zero-order valence-corrected chi connectivity index (χ0v) is 10.5. The number of nitrogens with one attached hydrogen (secondary N) is 1. The Balaban J connectivity index is 2.30. The van der Waals surface area contributed by atoms with Crippen molar-refractivity contribution in [2.45, 2.75) is 0 Å². The Bertz CT molecular complexity index is 147. The summed E-state index contributed by atoms with van der Waals surface area (Å²) in [6, 6.07) is 0. The van der Waals surface area contributed by atoms with E-state index in [9.17, 15) is 0 Å². The summed E-state index contributed by atoms with van der Waals surface area (Å²) in [5.41, 5.74) is 0. The zero-order chi connectivity index (χ0) is 11.1. The summed E-state index contributed by atoms with van der Waals surface area (Å²) in [4.78, 5) is 7.21. The third-order valence-electron chi connectivity index (χ3n) is 3.07. The van der Waals surface area contributed by atoms with Gasteiger partial charge in [-0.2, -0.15) is 0 Å². The summed E-state index contributed by atoms with van der Waals surface area (Å²) in [7, 11) is 6.62. The van der Waals surface area contributed by atoms with Crippen molar-refractivity contribution in [2.75, 3.05) is 73.5 Å². The average Bonchev–Trinajstić information content (AvgIpc) is 2.21. The highest BCUT2D eigenvalue weighted by molar-refractivity contribution is 4.64. The lowest BCUT2D eigenvalue weighted by atomic mass is 10.4. The van der Waals surface area contributed by atoms with E-state index in [2.05, 4.69) is 41.2 Å². The van der Waals surface area contributed by atoms with E-state index in [0.29, 0.717) is 0 Å². The molecule has 90 valence electrons. The monoisotopic (exact) mass is 214 g/mol. The van der Waals surface area contributed by atoms with Crippen LogP contribution in [0, 0.1) is 0 Å². The van der Waals surface area contributed by atoms with Crippen LogP contribution in [0.4, 0.5) is 0 Å². The van der Waals surface area contributed by atoms with Gasteiger partial charge in [0.25, 0.3) is 0 Å². The molecule has 1 aliphatic heterocycles. The Morgan fingerprint density at radius 3 is 1.33 bits per heavy atom. The van der Waals surface area contributed by atoms with Gasteiger partial charge >= 0.3 is 0 Å². The fourth-order valence-corrected chi connectivity index (χ4v) is 1.68. The van der Waals surface area contributed by atoms with Crippen LogP contribution in [-0.4, -0.2) is 88.2 Å². The van der Waals surface area contributed by atoms with Gasteiger partial charge < -0.3 is 20.0 Å². The topological polar surface area (TPSA) is 21.8 Å². The van der Waals surface area contributed by atoms with Crippen LogP contribution in [0.15, 0.2) is 0 Å². The Kier molecular flexibility index (Phi) is 6.17. The first kappa shape index (κ1) is 12.9. The van der Waals surface area contributed by atoms with Gasteiger partial charge in [0.15, 0.2) is 0 Å². The maximum Gasteiger partial charge on any atom is 0.0107 e. The molecule has 0 aromatic carbocycles. The second-order valence-electron chi connectivity index (χ2n) is 4.66. The number of rotatable bonds is 0. The lowest BCUT2D eigenvalue weighted by molar-refractivity contribution is 0.217. The predicted molar refractivity (Wildman–Crippen MR) is 65.4 cm³/mol. The molecule has 1 heterocycles. The largest absolute Gasteiger partial charge is 0.314 e. The summed E-state index contributed by atoms with van der Waals surface area (Å²) in [5.74, 6) is 0. The van der Waals surface area contributed by atoms with Gasteiger partial charge in [0.05, 0.1) is 0 Å². The summed E-state index contributed by atoms with van der Waals surface area (Å²) >= 11 is 0. The highest BCUT2D eigenvalue weighted by Gasteiger charge is 2.05. The van der Waals surface area contributed by atoms with Crippen LogP contribution >= 0.6 is 0 Å². The molecule has 0 aromatic heterocycles. The van der Waals surface area contributed by atoms with Crippen molar-refractivity contribution in [3.63, 3.8) is 0 Å². The summed E-state index contributed by atoms with van der Waals surface area (Å²) < 4.78 is 0. The summed E-state index contributed by atoms with van der Waals surface area (Å²) in [5, 5.41) is 3.48. The number of nitrogens with zero attached hydrogens (tertiary/aromatic N) is 3. The van der Waals surface area contributed by atoms with E-state index in [4.69, 9.17) is 0 Å². The highest BCUT2D eigenvalue weighted by atomic mass is 15.2. The summed E-state index contributed by atoms with van der Waals surface area (Å²) in [6.07, 6.45) is 0. The van der Waals surface area contributed by atoms with E-state index in [1.165, 1.54) is 26.2 Å². The van der Waals surface area contributed by atoms with Crippen LogP contribution in [0.5, 0.6) is 0 Å². The molecule has 0 unspecified atom stereocenters. The van der Waals surface area contributed by atoms with Crippen LogP contribution in [0.2, 0.25) is 0 Å². The van der Waals surface area contributed by atoms with Gasteiger partial charge in [-0.25, -0.2) is 0 Å². The Labute approximate surface area is 94.2 Å². The fourth-order valence-electron chi connectivity index (χ4n) is 1.68. The van der Waals surface area contributed by atoms with Gasteiger partial charge in [0.2, 0.25) is 0 Å². The minimum Gasteiger partial charge on any atom is -0.314 e. The first-order chi connectivity index (χ1) is 7.18. The lowest BCUT2D eigenvalue weighted by Crippen LogP contribution is -2.41. The molecule has 0 aromatic rings. The molecule has 0 saturated carbocycles. The lowest BCUT2D eigenvalue weighted by Gasteiger charge is -2.26. The van der Waals surface area contributed by atoms with Crippen molar-refractivity contribution in [1.29, 1.82) is 0 Å². The van der Waals surface area contributed by atoms with Crippen molar-refractivity contribution in [3.05, 3.63) is 0 Å². The molecular formula is C11H26N4. The molecule has 0 aliphatic carbocycles. The number of likely N-dealkylation sites (N-methyl/N-ethyl adjacent to an activating group) is 3. The Morgan fingerprint density at radius 1 is 0.600 bits per heavy atom. The third-order valence-corrected chi connectivity index (χ3v) is 3.07. The predicted octanol–water partition coefficient (Wildman–Crippen LogP) is -0.615. The molecule has 1 rings (SSSR count). The molecule has 15 heavy (non-hydrogen) atoms. The number of hydrogen-bond donors (Lipinski definition) is 1. The molecule has 4 heteroatoms. The van der Waals surface area contributed by atoms with Gasteiger partial charge in [0, 0.05) is 52.4 Å². The standard InChI is InChI=1S/C11H26N4/c1-13-6-4-12-5-7-14(2)9-11-15(3)10-8-13/h12H,4-11H2,1-3H3. The fraction of sp³-hybridized carbons (Fsp3) is 1.00. The maximum atomic E-state index is 3.48. The average molecular weight is 214 g/mol. The molecule has 1 aliphatic rings. The summed E-state index contributed by atoms with van der Waals surface area (Å²) in [6.45, 7) is 9.19. The van der Waals surface area contributed by atoms with Crippen molar-refractivity contribution in [3.8, 4) is 0 Å². The third kappa shape index (κ3) is 6.10. The van der Waals surface area contributed by atoms with E-state index in [1.54, 1.807) is 0 Å². The minimum atomic E-state index is 1.11. The highest BCUT2D eigenvalue weighted by Crippen LogP contribution is 1.90. The molecule has 0 spiro atoms. The molecule has 4 nitrogen and oxygen atoms in total. The molecular weight excluding hydrogens is 188 g/mol. The SMILES string of the molecule is CN1CCNCCN(C)CCN(C)CC1. The minimum absolute atomic E-state index is 1.11. The Hall–Kier alpha value is -0.160. The van der Waals surface area contributed by atoms with Crippen molar-refractivity contribution in [1.82, 2.24) is 20.0 Å². The molecule has 0 atom stereocenters. The molecule has 0 bridgehead atoms. The number of hydrogen-bond acceptors (Lipinski definition) is 4. The molecule has 1 saturated heterocycles. The Morgan fingerprint density at radius 2 is 0.933 bits per heavy atom. The van der Waals surface area contributed by atoms with E-state index in [1.807, 2.05) is 0 Å². The quantitative estimate of drug-likeness (QED) is 0.580. The molecule has 0 radical (unpaired) electrons. The van der Waals surface area contributed by atoms with Crippen LogP contribution < -0.4 is 5.32 Å². The van der Waals surface area contributed by atoms with Crippen LogP contribution in [0.25, 0.3) is 0 Å². The van der Waals surface area contributed by atoms with Gasteiger partial charge in [-0.05, 0) is 21.1 Å². The van der Waals surface area contributed by atoms with Gasteiger partial charge in [-0.15, -0.1) is 0 Å². The maximum absolute atomic E-state index is 3.48. The van der Waals surface area contributed by atoms with Crippen LogP contribution in [-0.2, 0) is 0 Å². The molecule has 0 amide bonds. The van der Waals surface area contributed by atoms with E-state index in [0.717, 1.165) is 26.2 Å².